The Morgan fingerprint density at radius 1 is 1.12 bits per heavy atom. The molecule has 6 heteroatoms. The zero-order chi connectivity index (χ0) is 18.0. The molecule has 1 saturated heterocycles. The van der Waals surface area contributed by atoms with Gasteiger partial charge in [-0.15, -0.1) is 0 Å². The van der Waals surface area contributed by atoms with E-state index in [0.29, 0.717) is 13.0 Å². The van der Waals surface area contributed by atoms with Gasteiger partial charge in [-0.3, -0.25) is 4.18 Å². The highest BCUT2D eigenvalue weighted by atomic mass is 32.2. The zero-order valence-corrected chi connectivity index (χ0v) is 15.7. The molecule has 0 radical (unpaired) electrons. The molecule has 1 aromatic carbocycles. The Kier molecular flexibility index (Phi) is 8.61. The lowest BCUT2D eigenvalue weighted by Gasteiger charge is -2.22. The molecule has 140 valence electrons. The standard InChI is InChI=1S/C19H28O5S/c1-17-10-12-18(13-11-17)25(20,21)24-16-7-4-2-3-6-14-22-19-9-5-8-15-23-19/h2,4,10-13,19H,3,5-9,14-16H2,1H3/b4-2-. The van der Waals surface area contributed by atoms with Crippen molar-refractivity contribution in [1.29, 1.82) is 0 Å². The maximum atomic E-state index is 12.0. The van der Waals surface area contributed by atoms with Gasteiger partial charge in [0.25, 0.3) is 10.1 Å². The van der Waals surface area contributed by atoms with E-state index in [4.69, 9.17) is 13.7 Å². The fourth-order valence-corrected chi connectivity index (χ4v) is 3.41. The third kappa shape index (κ3) is 7.69. The highest BCUT2D eigenvalue weighted by Gasteiger charge is 2.14. The van der Waals surface area contributed by atoms with Gasteiger partial charge in [0.15, 0.2) is 6.29 Å². The van der Waals surface area contributed by atoms with Gasteiger partial charge in [-0.05, 0) is 57.6 Å². The predicted molar refractivity (Wildman–Crippen MR) is 96.9 cm³/mol. The molecule has 0 bridgehead atoms. The molecule has 0 spiro atoms. The van der Waals surface area contributed by atoms with Gasteiger partial charge >= 0.3 is 0 Å². The van der Waals surface area contributed by atoms with Gasteiger partial charge < -0.3 is 9.47 Å². The number of aryl methyl sites for hydroxylation is 1. The molecule has 1 aliphatic heterocycles. The first kappa shape index (κ1) is 20.1. The third-order valence-electron chi connectivity index (χ3n) is 3.96. The van der Waals surface area contributed by atoms with Crippen LogP contribution in [0.2, 0.25) is 0 Å². The van der Waals surface area contributed by atoms with Gasteiger partial charge in [-0.2, -0.15) is 8.42 Å². The van der Waals surface area contributed by atoms with Crippen LogP contribution in [-0.4, -0.2) is 34.5 Å². The molecule has 2 rings (SSSR count). The Morgan fingerprint density at radius 3 is 2.60 bits per heavy atom. The first-order valence-electron chi connectivity index (χ1n) is 8.92. The van der Waals surface area contributed by atoms with Gasteiger partial charge in [0.1, 0.15) is 0 Å². The SMILES string of the molecule is Cc1ccc(S(=O)(=O)OCC/C=C\CCCOC2CCCCO2)cc1. The minimum Gasteiger partial charge on any atom is -0.353 e. The Hall–Kier alpha value is -1.21. The van der Waals surface area contributed by atoms with Crippen molar-refractivity contribution in [1.82, 2.24) is 0 Å². The molecule has 1 aliphatic rings. The largest absolute Gasteiger partial charge is 0.353 e. The monoisotopic (exact) mass is 368 g/mol. The third-order valence-corrected chi connectivity index (χ3v) is 5.28. The summed E-state index contributed by atoms with van der Waals surface area (Å²) in [5, 5.41) is 0. The molecule has 0 amide bonds. The summed E-state index contributed by atoms with van der Waals surface area (Å²) in [5.74, 6) is 0. The van der Waals surface area contributed by atoms with Crippen molar-refractivity contribution in [2.45, 2.75) is 56.6 Å². The molecular formula is C19H28O5S. The maximum absolute atomic E-state index is 12.0. The molecule has 0 aromatic heterocycles. The molecule has 0 saturated carbocycles. The quantitative estimate of drug-likeness (QED) is 0.355. The summed E-state index contributed by atoms with van der Waals surface area (Å²) in [7, 11) is -3.66. The number of rotatable bonds is 10. The second kappa shape index (κ2) is 10.7. The average Bonchev–Trinajstić information content (AvgIpc) is 2.61. The summed E-state index contributed by atoms with van der Waals surface area (Å²) in [6.07, 6.45) is 9.64. The molecular weight excluding hydrogens is 340 g/mol. The van der Waals surface area contributed by atoms with Gasteiger partial charge in [0.2, 0.25) is 0 Å². The molecule has 5 nitrogen and oxygen atoms in total. The number of unbranched alkanes of at least 4 members (excludes halogenated alkanes) is 1. The lowest BCUT2D eigenvalue weighted by Crippen LogP contribution is -2.22. The van der Waals surface area contributed by atoms with E-state index in [0.717, 1.165) is 37.9 Å². The van der Waals surface area contributed by atoms with E-state index in [1.54, 1.807) is 24.3 Å². The van der Waals surface area contributed by atoms with Crippen molar-refractivity contribution >= 4 is 10.1 Å². The van der Waals surface area contributed by atoms with Crippen molar-refractivity contribution in [2.75, 3.05) is 19.8 Å². The fourth-order valence-electron chi connectivity index (χ4n) is 2.49. The lowest BCUT2D eigenvalue weighted by molar-refractivity contribution is -0.162. The van der Waals surface area contributed by atoms with Crippen molar-refractivity contribution in [2.24, 2.45) is 0 Å². The normalized spacial score (nSPS) is 18.7. The van der Waals surface area contributed by atoms with Crippen molar-refractivity contribution in [3.05, 3.63) is 42.0 Å². The van der Waals surface area contributed by atoms with Crippen LogP contribution in [-0.2, 0) is 23.8 Å². The second-order valence-electron chi connectivity index (χ2n) is 6.16. The topological polar surface area (TPSA) is 61.8 Å². The van der Waals surface area contributed by atoms with Crippen molar-refractivity contribution in [3.63, 3.8) is 0 Å². The zero-order valence-electron chi connectivity index (χ0n) is 14.9. The molecule has 1 heterocycles. The van der Waals surface area contributed by atoms with Crippen LogP contribution in [0, 0.1) is 6.92 Å². The highest BCUT2D eigenvalue weighted by Crippen LogP contribution is 2.15. The lowest BCUT2D eigenvalue weighted by atomic mass is 10.2. The van der Waals surface area contributed by atoms with Crippen LogP contribution >= 0.6 is 0 Å². The average molecular weight is 368 g/mol. The minimum absolute atomic E-state index is 0.0295. The van der Waals surface area contributed by atoms with E-state index in [1.165, 1.54) is 6.42 Å². The first-order valence-corrected chi connectivity index (χ1v) is 10.3. The van der Waals surface area contributed by atoms with E-state index in [2.05, 4.69) is 0 Å². The summed E-state index contributed by atoms with van der Waals surface area (Å²) < 4.78 is 40.2. The van der Waals surface area contributed by atoms with E-state index in [-0.39, 0.29) is 17.8 Å². The minimum atomic E-state index is -3.66. The smallest absolute Gasteiger partial charge is 0.296 e. The van der Waals surface area contributed by atoms with Crippen LogP contribution in [0.5, 0.6) is 0 Å². The Labute approximate surface area is 151 Å². The number of benzene rings is 1. The van der Waals surface area contributed by atoms with E-state index in [1.807, 2.05) is 19.1 Å². The first-order chi connectivity index (χ1) is 12.1. The molecule has 1 fully saturated rings. The number of hydrogen-bond acceptors (Lipinski definition) is 5. The summed E-state index contributed by atoms with van der Waals surface area (Å²) in [6, 6.07) is 6.65. The molecule has 25 heavy (non-hydrogen) atoms. The number of ether oxygens (including phenoxy) is 2. The highest BCUT2D eigenvalue weighted by molar-refractivity contribution is 7.86. The Balaban J connectivity index is 1.54. The fraction of sp³-hybridized carbons (Fsp3) is 0.579. The molecule has 1 unspecified atom stereocenters. The molecule has 0 aliphatic carbocycles. The van der Waals surface area contributed by atoms with Crippen molar-refractivity contribution < 1.29 is 22.1 Å². The molecule has 0 N–H and O–H groups in total. The van der Waals surface area contributed by atoms with Crippen molar-refractivity contribution in [3.8, 4) is 0 Å². The molecule has 1 atom stereocenters. The van der Waals surface area contributed by atoms with Crippen LogP contribution in [0.1, 0.15) is 44.1 Å². The van der Waals surface area contributed by atoms with Crippen LogP contribution in [0.4, 0.5) is 0 Å². The van der Waals surface area contributed by atoms with Gasteiger partial charge in [-0.25, -0.2) is 0 Å². The summed E-state index contributed by atoms with van der Waals surface area (Å²) in [5.41, 5.74) is 1.01. The van der Waals surface area contributed by atoms with Crippen LogP contribution < -0.4 is 0 Å². The Bertz CT molecular complexity index is 616. The van der Waals surface area contributed by atoms with E-state index in [9.17, 15) is 8.42 Å². The number of hydrogen-bond donors (Lipinski definition) is 0. The summed E-state index contributed by atoms with van der Waals surface area (Å²) >= 11 is 0. The summed E-state index contributed by atoms with van der Waals surface area (Å²) in [4.78, 5) is 0.198. The van der Waals surface area contributed by atoms with E-state index >= 15 is 0 Å². The van der Waals surface area contributed by atoms with Gasteiger partial charge in [-0.1, -0.05) is 29.8 Å². The van der Waals surface area contributed by atoms with Crippen LogP contribution in [0.3, 0.4) is 0 Å². The van der Waals surface area contributed by atoms with Gasteiger partial charge in [0.05, 0.1) is 18.1 Å². The Morgan fingerprint density at radius 2 is 1.88 bits per heavy atom. The number of allylic oxidation sites excluding steroid dienone is 1. The predicted octanol–water partition coefficient (Wildman–Crippen LogP) is 3.97. The van der Waals surface area contributed by atoms with Crippen LogP contribution in [0.25, 0.3) is 0 Å². The van der Waals surface area contributed by atoms with Gasteiger partial charge in [0, 0.05) is 6.61 Å². The molecule has 1 aromatic rings. The van der Waals surface area contributed by atoms with E-state index < -0.39 is 10.1 Å². The second-order valence-corrected chi connectivity index (χ2v) is 7.77. The van der Waals surface area contributed by atoms with Crippen LogP contribution in [0.15, 0.2) is 41.3 Å². The summed E-state index contributed by atoms with van der Waals surface area (Å²) in [6.45, 7) is 3.55. The maximum Gasteiger partial charge on any atom is 0.296 e.